The Hall–Kier alpha value is -0.530. The maximum atomic E-state index is 11.9. The lowest BCUT2D eigenvalue weighted by molar-refractivity contribution is -0.122. The maximum absolute atomic E-state index is 11.9. The molecule has 0 aliphatic heterocycles. The topological polar surface area (TPSA) is 29.1 Å². The molecule has 0 atom stereocenters. The molecule has 0 aromatic carbocycles. The van der Waals surface area contributed by atoms with Gasteiger partial charge in [-0.1, -0.05) is 84.0 Å². The highest BCUT2D eigenvalue weighted by Crippen LogP contribution is 2.17. The Morgan fingerprint density at radius 2 is 1.33 bits per heavy atom. The van der Waals surface area contributed by atoms with Gasteiger partial charge in [0.05, 0.1) is 0 Å². The molecule has 1 amide bonds. The minimum Gasteiger partial charge on any atom is -0.353 e. The van der Waals surface area contributed by atoms with Crippen LogP contribution in [0.25, 0.3) is 0 Å². The number of carbonyl (C=O) groups is 1. The van der Waals surface area contributed by atoms with E-state index in [-0.39, 0.29) is 0 Å². The molecule has 1 saturated carbocycles. The zero-order chi connectivity index (χ0) is 15.2. The monoisotopic (exact) mass is 295 g/mol. The number of unbranched alkanes of at least 4 members (excludes halogenated alkanes) is 8. The SMILES string of the molecule is CCCCCCCCCCCC(=O)NC1CCCCCC1. The number of rotatable bonds is 11. The minimum absolute atomic E-state index is 0.296. The highest BCUT2D eigenvalue weighted by molar-refractivity contribution is 5.76. The molecule has 21 heavy (non-hydrogen) atoms. The van der Waals surface area contributed by atoms with Crippen LogP contribution in [0.3, 0.4) is 0 Å². The molecule has 1 aliphatic rings. The second kappa shape index (κ2) is 13.2. The average molecular weight is 296 g/mol. The molecule has 0 unspecified atom stereocenters. The van der Waals surface area contributed by atoms with E-state index < -0.39 is 0 Å². The van der Waals surface area contributed by atoms with Gasteiger partial charge in [-0.15, -0.1) is 0 Å². The summed E-state index contributed by atoms with van der Waals surface area (Å²) < 4.78 is 0. The van der Waals surface area contributed by atoms with Crippen molar-refractivity contribution in [3.05, 3.63) is 0 Å². The summed E-state index contributed by atoms with van der Waals surface area (Å²) in [4.78, 5) is 11.9. The van der Waals surface area contributed by atoms with Gasteiger partial charge in [0.1, 0.15) is 0 Å². The van der Waals surface area contributed by atoms with Gasteiger partial charge in [-0.2, -0.15) is 0 Å². The van der Waals surface area contributed by atoms with Crippen molar-refractivity contribution in [2.24, 2.45) is 0 Å². The van der Waals surface area contributed by atoms with Gasteiger partial charge in [0.15, 0.2) is 0 Å². The molecule has 124 valence electrons. The summed E-state index contributed by atoms with van der Waals surface area (Å²) in [5.74, 6) is 0.296. The molecule has 0 aromatic rings. The fourth-order valence-corrected chi connectivity index (χ4v) is 3.32. The number of nitrogens with one attached hydrogen (secondary N) is 1. The summed E-state index contributed by atoms with van der Waals surface area (Å²) in [6, 6.07) is 0.471. The Kier molecular flexibility index (Phi) is 11.6. The van der Waals surface area contributed by atoms with Crippen molar-refractivity contribution >= 4 is 5.91 Å². The van der Waals surface area contributed by atoms with Gasteiger partial charge in [-0.05, 0) is 19.3 Å². The van der Waals surface area contributed by atoms with Crippen LogP contribution < -0.4 is 5.32 Å². The van der Waals surface area contributed by atoms with Gasteiger partial charge in [-0.3, -0.25) is 4.79 Å². The first-order valence-corrected chi connectivity index (χ1v) is 9.62. The summed E-state index contributed by atoms with van der Waals surface area (Å²) in [5.41, 5.74) is 0. The van der Waals surface area contributed by atoms with E-state index in [2.05, 4.69) is 12.2 Å². The third-order valence-corrected chi connectivity index (χ3v) is 4.73. The molecule has 0 spiro atoms. The fourth-order valence-electron chi connectivity index (χ4n) is 3.32. The van der Waals surface area contributed by atoms with Crippen molar-refractivity contribution in [1.29, 1.82) is 0 Å². The highest BCUT2D eigenvalue weighted by Gasteiger charge is 2.14. The summed E-state index contributed by atoms with van der Waals surface area (Å²) in [6.07, 6.45) is 20.3. The average Bonchev–Trinajstić information content (AvgIpc) is 2.74. The standard InChI is InChI=1S/C19H37NO/c1-2-3-4-5-6-7-8-9-14-17-19(21)20-18-15-12-10-11-13-16-18/h18H,2-17H2,1H3,(H,20,21). The highest BCUT2D eigenvalue weighted by atomic mass is 16.1. The van der Waals surface area contributed by atoms with E-state index in [0.29, 0.717) is 11.9 Å². The minimum atomic E-state index is 0.296. The molecule has 1 N–H and O–H groups in total. The van der Waals surface area contributed by atoms with Crippen LogP contribution in [0.4, 0.5) is 0 Å². The third kappa shape index (κ3) is 10.8. The Bertz CT molecular complexity index is 244. The maximum Gasteiger partial charge on any atom is 0.220 e. The second-order valence-corrected chi connectivity index (χ2v) is 6.83. The Balaban J connectivity index is 1.88. The molecule has 0 aromatic heterocycles. The molecule has 1 rings (SSSR count). The normalized spacial score (nSPS) is 16.6. The molecule has 0 heterocycles. The summed E-state index contributed by atoms with van der Waals surface area (Å²) in [5, 5.41) is 3.25. The van der Waals surface area contributed by atoms with Crippen LogP contribution in [0.2, 0.25) is 0 Å². The first kappa shape index (κ1) is 18.5. The molecule has 0 bridgehead atoms. The van der Waals surface area contributed by atoms with E-state index in [1.165, 1.54) is 89.9 Å². The lowest BCUT2D eigenvalue weighted by Gasteiger charge is -2.16. The Morgan fingerprint density at radius 1 is 0.810 bits per heavy atom. The number of carbonyl (C=O) groups excluding carboxylic acids is 1. The van der Waals surface area contributed by atoms with Crippen molar-refractivity contribution in [2.45, 2.75) is 116 Å². The molecule has 2 heteroatoms. The molecule has 1 fully saturated rings. The van der Waals surface area contributed by atoms with Crippen molar-refractivity contribution in [2.75, 3.05) is 0 Å². The van der Waals surface area contributed by atoms with Crippen LogP contribution in [-0.4, -0.2) is 11.9 Å². The van der Waals surface area contributed by atoms with E-state index in [9.17, 15) is 4.79 Å². The van der Waals surface area contributed by atoms with Crippen LogP contribution in [0, 0.1) is 0 Å². The molecule has 2 nitrogen and oxygen atoms in total. The van der Waals surface area contributed by atoms with Crippen molar-refractivity contribution in [3.8, 4) is 0 Å². The first-order valence-electron chi connectivity index (χ1n) is 9.62. The zero-order valence-electron chi connectivity index (χ0n) is 14.3. The van der Waals surface area contributed by atoms with Gasteiger partial charge in [0.2, 0.25) is 5.91 Å². The van der Waals surface area contributed by atoms with Crippen molar-refractivity contribution < 1.29 is 4.79 Å². The van der Waals surface area contributed by atoms with Gasteiger partial charge in [0.25, 0.3) is 0 Å². The van der Waals surface area contributed by atoms with Gasteiger partial charge in [-0.25, -0.2) is 0 Å². The molecular formula is C19H37NO. The Labute approximate surface area is 132 Å². The Morgan fingerprint density at radius 3 is 1.90 bits per heavy atom. The van der Waals surface area contributed by atoms with E-state index in [1.807, 2.05) is 0 Å². The van der Waals surface area contributed by atoms with E-state index in [4.69, 9.17) is 0 Å². The molecule has 1 aliphatic carbocycles. The lowest BCUT2D eigenvalue weighted by Crippen LogP contribution is -2.34. The molecule has 0 saturated heterocycles. The van der Waals surface area contributed by atoms with Crippen LogP contribution in [0.15, 0.2) is 0 Å². The van der Waals surface area contributed by atoms with Crippen molar-refractivity contribution in [1.82, 2.24) is 5.32 Å². The summed E-state index contributed by atoms with van der Waals surface area (Å²) in [6.45, 7) is 2.26. The summed E-state index contributed by atoms with van der Waals surface area (Å²) >= 11 is 0. The van der Waals surface area contributed by atoms with Crippen molar-refractivity contribution in [3.63, 3.8) is 0 Å². The number of hydrogen-bond donors (Lipinski definition) is 1. The zero-order valence-corrected chi connectivity index (χ0v) is 14.3. The fraction of sp³-hybridized carbons (Fsp3) is 0.947. The quantitative estimate of drug-likeness (QED) is 0.382. The van der Waals surface area contributed by atoms with Crippen LogP contribution in [-0.2, 0) is 4.79 Å². The smallest absolute Gasteiger partial charge is 0.220 e. The van der Waals surface area contributed by atoms with E-state index >= 15 is 0 Å². The number of amides is 1. The van der Waals surface area contributed by atoms with Crippen LogP contribution in [0.1, 0.15) is 110 Å². The molecule has 0 radical (unpaired) electrons. The van der Waals surface area contributed by atoms with Crippen LogP contribution >= 0.6 is 0 Å². The van der Waals surface area contributed by atoms with Gasteiger partial charge < -0.3 is 5.32 Å². The van der Waals surface area contributed by atoms with E-state index in [1.54, 1.807) is 0 Å². The summed E-state index contributed by atoms with van der Waals surface area (Å²) in [7, 11) is 0. The first-order chi connectivity index (χ1) is 10.3. The lowest BCUT2D eigenvalue weighted by atomic mass is 10.1. The van der Waals surface area contributed by atoms with Crippen LogP contribution in [0.5, 0.6) is 0 Å². The largest absolute Gasteiger partial charge is 0.353 e. The van der Waals surface area contributed by atoms with Gasteiger partial charge >= 0.3 is 0 Å². The van der Waals surface area contributed by atoms with Gasteiger partial charge in [0, 0.05) is 12.5 Å². The predicted molar refractivity (Wildman–Crippen MR) is 91.5 cm³/mol. The third-order valence-electron chi connectivity index (χ3n) is 4.73. The molecular weight excluding hydrogens is 258 g/mol. The number of hydrogen-bond acceptors (Lipinski definition) is 1. The second-order valence-electron chi connectivity index (χ2n) is 6.83. The van der Waals surface area contributed by atoms with E-state index in [0.717, 1.165) is 12.8 Å². The predicted octanol–water partition coefficient (Wildman–Crippen LogP) is 5.75.